The molecule has 0 aliphatic heterocycles. The Morgan fingerprint density at radius 3 is 2.52 bits per heavy atom. The molecule has 2 aromatic carbocycles. The number of aromatic nitrogens is 1. The molecule has 0 radical (unpaired) electrons. The van der Waals surface area contributed by atoms with E-state index in [4.69, 9.17) is 0 Å². The summed E-state index contributed by atoms with van der Waals surface area (Å²) in [7, 11) is 0. The first-order valence-electron chi connectivity index (χ1n) is 9.83. The van der Waals surface area contributed by atoms with Crippen LogP contribution in [-0.4, -0.2) is 22.8 Å². The lowest BCUT2D eigenvalue weighted by Crippen LogP contribution is -2.32. The lowest BCUT2D eigenvalue weighted by atomic mass is 10.0. The van der Waals surface area contributed by atoms with Crippen LogP contribution < -0.4 is 10.6 Å². The second-order valence-electron chi connectivity index (χ2n) is 7.23. The molecule has 162 valence electrons. The number of halogens is 3. The molecule has 2 N–H and O–H groups in total. The van der Waals surface area contributed by atoms with Gasteiger partial charge in [0.25, 0.3) is 11.8 Å². The molecule has 5 nitrogen and oxygen atoms in total. The van der Waals surface area contributed by atoms with Gasteiger partial charge in [-0.2, -0.15) is 13.2 Å². The number of nitrogens with zero attached hydrogens (tertiary/aromatic N) is 1. The maximum atomic E-state index is 13.7. The fourth-order valence-electron chi connectivity index (χ4n) is 3.13. The van der Waals surface area contributed by atoms with Crippen LogP contribution in [0.5, 0.6) is 0 Å². The normalized spacial score (nSPS) is 12.4. The molecule has 0 bridgehead atoms. The summed E-state index contributed by atoms with van der Waals surface area (Å²) in [5.74, 6) is -1.14. The van der Waals surface area contributed by atoms with E-state index < -0.39 is 23.2 Å². The summed E-state index contributed by atoms with van der Waals surface area (Å²) in [6.45, 7) is 3.80. The van der Waals surface area contributed by atoms with Crippen molar-refractivity contribution in [1.82, 2.24) is 15.6 Å². The molecule has 0 fully saturated rings. The van der Waals surface area contributed by atoms with Crippen molar-refractivity contribution in [1.29, 1.82) is 0 Å². The number of alkyl halides is 3. The molecule has 1 unspecified atom stereocenters. The smallest absolute Gasteiger partial charge is 0.350 e. The summed E-state index contributed by atoms with van der Waals surface area (Å²) < 4.78 is 41.2. The van der Waals surface area contributed by atoms with E-state index in [1.54, 1.807) is 30.3 Å². The number of hydrogen-bond donors (Lipinski definition) is 2. The molecule has 1 heterocycles. The highest BCUT2D eigenvalue weighted by Gasteiger charge is 2.37. The molecule has 3 aromatic rings. The molecule has 2 amide bonds. The SMILES string of the molecule is CCC(C)NC(=O)c1cccc(CNC(=O)c2cnc3ccccc3c2C(F)(F)F)c1. The van der Waals surface area contributed by atoms with E-state index in [2.05, 4.69) is 15.6 Å². The van der Waals surface area contributed by atoms with E-state index in [1.165, 1.54) is 18.2 Å². The van der Waals surface area contributed by atoms with Gasteiger partial charge in [0.15, 0.2) is 0 Å². The Morgan fingerprint density at radius 1 is 1.06 bits per heavy atom. The standard InChI is InChI=1S/C23H22F3N3O2/c1-3-14(2)29-21(30)16-8-6-7-15(11-16)12-28-22(31)18-13-27-19-10-5-4-9-17(19)20(18)23(24,25)26/h4-11,13-14H,3,12H2,1-2H3,(H,28,31)(H,29,30). The summed E-state index contributed by atoms with van der Waals surface area (Å²) in [5.41, 5.74) is -0.400. The van der Waals surface area contributed by atoms with Gasteiger partial charge in [-0.05, 0) is 37.1 Å². The lowest BCUT2D eigenvalue weighted by Gasteiger charge is -2.15. The number of carbonyl (C=O) groups excluding carboxylic acids is 2. The van der Waals surface area contributed by atoms with Gasteiger partial charge in [0.05, 0.1) is 16.6 Å². The number of rotatable bonds is 6. The second kappa shape index (κ2) is 9.16. The minimum Gasteiger partial charge on any atom is -0.350 e. The predicted molar refractivity (Wildman–Crippen MR) is 112 cm³/mol. The average Bonchev–Trinajstić information content (AvgIpc) is 2.75. The van der Waals surface area contributed by atoms with Gasteiger partial charge in [0.2, 0.25) is 0 Å². The number of para-hydroxylation sites is 1. The van der Waals surface area contributed by atoms with Gasteiger partial charge < -0.3 is 10.6 Å². The Hall–Kier alpha value is -3.42. The van der Waals surface area contributed by atoms with Gasteiger partial charge in [-0.1, -0.05) is 37.3 Å². The first-order chi connectivity index (χ1) is 14.7. The van der Waals surface area contributed by atoms with Crippen LogP contribution in [-0.2, 0) is 12.7 Å². The third kappa shape index (κ3) is 5.20. The lowest BCUT2D eigenvalue weighted by molar-refractivity contribution is -0.136. The number of pyridine rings is 1. The Kier molecular flexibility index (Phi) is 6.58. The number of amides is 2. The van der Waals surface area contributed by atoms with E-state index >= 15 is 0 Å². The topological polar surface area (TPSA) is 71.1 Å². The summed E-state index contributed by atoms with van der Waals surface area (Å²) in [4.78, 5) is 28.9. The largest absolute Gasteiger partial charge is 0.417 e. The molecule has 3 rings (SSSR count). The first kappa shape index (κ1) is 22.3. The Bertz CT molecular complexity index is 1110. The fraction of sp³-hybridized carbons (Fsp3) is 0.261. The molecule has 8 heteroatoms. The highest BCUT2D eigenvalue weighted by molar-refractivity contribution is 6.00. The number of nitrogens with one attached hydrogen (secondary N) is 2. The van der Waals surface area contributed by atoms with Crippen molar-refractivity contribution in [3.63, 3.8) is 0 Å². The van der Waals surface area contributed by atoms with E-state index in [0.29, 0.717) is 11.1 Å². The van der Waals surface area contributed by atoms with E-state index in [-0.39, 0.29) is 29.4 Å². The molecule has 0 saturated heterocycles. The highest BCUT2D eigenvalue weighted by atomic mass is 19.4. The predicted octanol–water partition coefficient (Wildman–Crippen LogP) is 4.71. The van der Waals surface area contributed by atoms with Crippen molar-refractivity contribution in [2.75, 3.05) is 0 Å². The van der Waals surface area contributed by atoms with Gasteiger partial charge in [0, 0.05) is 29.7 Å². The van der Waals surface area contributed by atoms with Gasteiger partial charge >= 0.3 is 6.18 Å². The maximum absolute atomic E-state index is 13.7. The minimum atomic E-state index is -4.72. The molecule has 31 heavy (non-hydrogen) atoms. The summed E-state index contributed by atoms with van der Waals surface area (Å²) in [5, 5.41) is 5.21. The van der Waals surface area contributed by atoms with Crippen molar-refractivity contribution in [3.05, 3.63) is 77.0 Å². The zero-order chi connectivity index (χ0) is 22.6. The van der Waals surface area contributed by atoms with E-state index in [9.17, 15) is 22.8 Å². The van der Waals surface area contributed by atoms with Crippen molar-refractivity contribution >= 4 is 22.7 Å². The zero-order valence-electron chi connectivity index (χ0n) is 17.1. The fourth-order valence-corrected chi connectivity index (χ4v) is 3.13. The number of fused-ring (bicyclic) bond motifs is 1. The van der Waals surface area contributed by atoms with Crippen LogP contribution in [0.25, 0.3) is 10.9 Å². The van der Waals surface area contributed by atoms with Crippen molar-refractivity contribution < 1.29 is 22.8 Å². The second-order valence-corrected chi connectivity index (χ2v) is 7.23. The summed E-state index contributed by atoms with van der Waals surface area (Å²) in [6.07, 6.45) is -3.00. The van der Waals surface area contributed by atoms with Gasteiger partial charge in [-0.15, -0.1) is 0 Å². The van der Waals surface area contributed by atoms with Crippen LogP contribution in [0.4, 0.5) is 13.2 Å². The van der Waals surface area contributed by atoms with E-state index in [1.807, 2.05) is 13.8 Å². The van der Waals surface area contributed by atoms with Crippen molar-refractivity contribution in [3.8, 4) is 0 Å². The summed E-state index contributed by atoms with van der Waals surface area (Å²) in [6, 6.07) is 12.4. The van der Waals surface area contributed by atoms with Crippen LogP contribution in [0.2, 0.25) is 0 Å². The van der Waals surface area contributed by atoms with Crippen LogP contribution in [0.15, 0.2) is 54.7 Å². The Labute approximate surface area is 177 Å². The Balaban J connectivity index is 1.81. The van der Waals surface area contributed by atoms with Gasteiger partial charge in [-0.25, -0.2) is 0 Å². The molecule has 0 saturated carbocycles. The molecule has 0 spiro atoms. The third-order valence-corrected chi connectivity index (χ3v) is 4.94. The first-order valence-corrected chi connectivity index (χ1v) is 9.83. The highest BCUT2D eigenvalue weighted by Crippen LogP contribution is 2.36. The number of carbonyl (C=O) groups is 2. The minimum absolute atomic E-state index is 0.0112. The average molecular weight is 429 g/mol. The van der Waals surface area contributed by atoms with Crippen LogP contribution >= 0.6 is 0 Å². The van der Waals surface area contributed by atoms with Gasteiger partial charge in [0.1, 0.15) is 0 Å². The molecule has 0 aliphatic carbocycles. The third-order valence-electron chi connectivity index (χ3n) is 4.94. The molecule has 0 aliphatic rings. The molecular formula is C23H22F3N3O2. The number of benzene rings is 2. The molecule has 1 atom stereocenters. The Morgan fingerprint density at radius 2 is 1.81 bits per heavy atom. The monoisotopic (exact) mass is 429 g/mol. The van der Waals surface area contributed by atoms with Crippen molar-refractivity contribution in [2.24, 2.45) is 0 Å². The quantitative estimate of drug-likeness (QED) is 0.596. The van der Waals surface area contributed by atoms with Crippen LogP contribution in [0, 0.1) is 0 Å². The van der Waals surface area contributed by atoms with Crippen molar-refractivity contribution in [2.45, 2.75) is 39.0 Å². The van der Waals surface area contributed by atoms with Crippen LogP contribution in [0.1, 0.15) is 52.1 Å². The molecule has 1 aromatic heterocycles. The summed E-state index contributed by atoms with van der Waals surface area (Å²) >= 11 is 0. The van der Waals surface area contributed by atoms with Gasteiger partial charge in [-0.3, -0.25) is 14.6 Å². The maximum Gasteiger partial charge on any atom is 0.417 e. The zero-order valence-corrected chi connectivity index (χ0v) is 17.1. The van der Waals surface area contributed by atoms with E-state index in [0.717, 1.165) is 12.6 Å². The number of hydrogen-bond acceptors (Lipinski definition) is 3. The van der Waals surface area contributed by atoms with Crippen LogP contribution in [0.3, 0.4) is 0 Å². The molecular weight excluding hydrogens is 407 g/mol.